The molecule has 6 nitrogen and oxygen atoms in total. The van der Waals surface area contributed by atoms with E-state index in [1.165, 1.54) is 21.6 Å². The van der Waals surface area contributed by atoms with Gasteiger partial charge in [0.05, 0.1) is 0 Å². The van der Waals surface area contributed by atoms with Gasteiger partial charge in [-0.15, -0.1) is 0 Å². The summed E-state index contributed by atoms with van der Waals surface area (Å²) < 4.78 is 13.8. The van der Waals surface area contributed by atoms with Crippen LogP contribution in [0.15, 0.2) is 58.3 Å². The van der Waals surface area contributed by atoms with E-state index >= 15 is 0 Å². The van der Waals surface area contributed by atoms with E-state index < -0.39 is 11.9 Å². The number of hydrogen-bond donors (Lipinski definition) is 2. The van der Waals surface area contributed by atoms with Crippen molar-refractivity contribution in [2.24, 2.45) is 0 Å². The zero-order valence-electron chi connectivity index (χ0n) is 18.8. The quantitative estimate of drug-likeness (QED) is 0.649. The molecule has 2 aliphatic heterocycles. The Kier molecular flexibility index (Phi) is 8.66. The van der Waals surface area contributed by atoms with Crippen molar-refractivity contribution in [1.82, 2.24) is 9.80 Å². The number of aryl methyl sites for hydroxylation is 1. The van der Waals surface area contributed by atoms with Gasteiger partial charge in [-0.1, -0.05) is 36.9 Å². The van der Waals surface area contributed by atoms with Crippen LogP contribution in [0.2, 0.25) is 0 Å². The van der Waals surface area contributed by atoms with Crippen molar-refractivity contribution in [2.45, 2.75) is 35.6 Å². The highest BCUT2D eigenvalue weighted by Gasteiger charge is 2.29. The Balaban J connectivity index is 0.000000331. The lowest BCUT2D eigenvalue weighted by Gasteiger charge is -2.38. The minimum Gasteiger partial charge on any atom is -0.478 e. The monoisotopic (exact) mass is 472 g/mol. The van der Waals surface area contributed by atoms with E-state index in [0.717, 1.165) is 43.9 Å². The summed E-state index contributed by atoms with van der Waals surface area (Å²) in [7, 11) is 2.20. The van der Waals surface area contributed by atoms with Gasteiger partial charge in [-0.3, -0.25) is 4.90 Å². The number of benzene rings is 2. The number of nitrogens with zero attached hydrogens (tertiary/aromatic N) is 2. The van der Waals surface area contributed by atoms with Crippen LogP contribution in [0.5, 0.6) is 0 Å². The number of aliphatic carboxylic acids is 2. The summed E-state index contributed by atoms with van der Waals surface area (Å²) in [5, 5.41) is 15.6. The van der Waals surface area contributed by atoms with E-state index in [9.17, 15) is 14.0 Å². The first-order valence-corrected chi connectivity index (χ1v) is 11.7. The number of rotatable bonds is 4. The Bertz CT molecular complexity index is 1020. The topological polar surface area (TPSA) is 81.1 Å². The Morgan fingerprint density at radius 1 is 1.03 bits per heavy atom. The molecule has 0 aliphatic carbocycles. The van der Waals surface area contributed by atoms with Crippen LogP contribution in [-0.2, 0) is 22.4 Å². The first-order valence-electron chi connectivity index (χ1n) is 10.9. The summed E-state index contributed by atoms with van der Waals surface area (Å²) in [5.41, 5.74) is 4.07. The predicted octanol–water partition coefficient (Wildman–Crippen LogP) is 4.10. The van der Waals surface area contributed by atoms with Crippen LogP contribution >= 0.6 is 11.8 Å². The van der Waals surface area contributed by atoms with Gasteiger partial charge in [0, 0.05) is 54.2 Å². The number of halogens is 1. The zero-order chi connectivity index (χ0) is 24.0. The molecule has 1 unspecified atom stereocenters. The van der Waals surface area contributed by atoms with E-state index in [1.807, 2.05) is 6.07 Å². The van der Waals surface area contributed by atoms with Crippen LogP contribution in [0.25, 0.3) is 0 Å². The number of carboxylic acid groups (broad SMARTS) is 2. The van der Waals surface area contributed by atoms with Crippen molar-refractivity contribution >= 4 is 23.7 Å². The summed E-state index contributed by atoms with van der Waals surface area (Å²) in [5.74, 6) is -2.66. The van der Waals surface area contributed by atoms with Crippen molar-refractivity contribution in [3.05, 3.63) is 71.1 Å². The molecule has 0 saturated carbocycles. The van der Waals surface area contributed by atoms with Gasteiger partial charge >= 0.3 is 11.9 Å². The smallest absolute Gasteiger partial charge is 0.328 e. The predicted molar refractivity (Wildman–Crippen MR) is 126 cm³/mol. The summed E-state index contributed by atoms with van der Waals surface area (Å²) in [6.07, 6.45) is 3.13. The van der Waals surface area contributed by atoms with E-state index in [0.29, 0.717) is 18.2 Å². The third kappa shape index (κ3) is 6.90. The molecular formula is C25H29FN2O4S. The number of likely N-dealkylation sites (N-methyl/N-ethyl adjacent to an activating group) is 1. The third-order valence-corrected chi connectivity index (χ3v) is 7.04. The molecule has 0 radical (unpaired) electrons. The van der Waals surface area contributed by atoms with Gasteiger partial charge in [0.25, 0.3) is 0 Å². The molecule has 33 heavy (non-hydrogen) atoms. The minimum atomic E-state index is -1.26. The second kappa shape index (κ2) is 11.4. The fourth-order valence-corrected chi connectivity index (χ4v) is 5.14. The maximum Gasteiger partial charge on any atom is 0.328 e. The van der Waals surface area contributed by atoms with E-state index in [1.54, 1.807) is 23.9 Å². The Morgan fingerprint density at radius 2 is 1.70 bits per heavy atom. The summed E-state index contributed by atoms with van der Waals surface area (Å²) in [6, 6.07) is 12.5. The van der Waals surface area contributed by atoms with Crippen molar-refractivity contribution in [1.29, 1.82) is 0 Å². The van der Waals surface area contributed by atoms with Crippen LogP contribution in [0.3, 0.4) is 0 Å². The number of carbonyl (C=O) groups is 2. The first kappa shape index (κ1) is 25.0. The maximum atomic E-state index is 13.8. The average Bonchev–Trinajstić information content (AvgIpc) is 2.94. The minimum absolute atomic E-state index is 0.143. The molecule has 0 spiro atoms. The van der Waals surface area contributed by atoms with Crippen LogP contribution in [0, 0.1) is 5.82 Å². The summed E-state index contributed by atoms with van der Waals surface area (Å²) in [4.78, 5) is 26.5. The molecule has 2 aromatic rings. The lowest BCUT2D eigenvalue weighted by atomic mass is 9.95. The number of carboxylic acids is 2. The number of hydrogen-bond acceptors (Lipinski definition) is 5. The molecule has 0 bridgehead atoms. The Hall–Kier alpha value is -2.68. The molecule has 1 fully saturated rings. The second-order valence-electron chi connectivity index (χ2n) is 8.15. The lowest BCUT2D eigenvalue weighted by Crippen LogP contribution is -2.46. The largest absolute Gasteiger partial charge is 0.478 e. The fraction of sp³-hybridized carbons (Fsp3) is 0.360. The van der Waals surface area contributed by atoms with Crippen molar-refractivity contribution in [2.75, 3.05) is 33.2 Å². The first-order chi connectivity index (χ1) is 15.8. The molecule has 1 atom stereocenters. The molecule has 176 valence electrons. The number of fused-ring (bicyclic) bond motifs is 2. The molecule has 0 amide bonds. The average molecular weight is 473 g/mol. The summed E-state index contributed by atoms with van der Waals surface area (Å²) >= 11 is 1.73. The lowest BCUT2D eigenvalue weighted by molar-refractivity contribution is -0.134. The van der Waals surface area contributed by atoms with E-state index in [2.05, 4.69) is 42.0 Å². The van der Waals surface area contributed by atoms with Gasteiger partial charge in [-0.25, -0.2) is 14.0 Å². The van der Waals surface area contributed by atoms with E-state index in [-0.39, 0.29) is 5.82 Å². The SMILES string of the molecule is CCc1ccc2c(c1)C(N1CCN(C)CC1)Cc1ccc(F)cc1S2.O=C(O)C=CC(=O)O. The molecule has 4 rings (SSSR count). The van der Waals surface area contributed by atoms with Crippen molar-refractivity contribution in [3.8, 4) is 0 Å². The third-order valence-electron chi connectivity index (χ3n) is 5.85. The highest BCUT2D eigenvalue weighted by molar-refractivity contribution is 7.99. The van der Waals surface area contributed by atoms with Crippen LogP contribution in [-0.4, -0.2) is 65.2 Å². The van der Waals surface area contributed by atoms with Crippen LogP contribution < -0.4 is 0 Å². The Morgan fingerprint density at radius 3 is 2.30 bits per heavy atom. The van der Waals surface area contributed by atoms with Gasteiger partial charge < -0.3 is 15.1 Å². The maximum absolute atomic E-state index is 13.8. The van der Waals surface area contributed by atoms with E-state index in [4.69, 9.17) is 10.2 Å². The molecule has 8 heteroatoms. The highest BCUT2D eigenvalue weighted by atomic mass is 32.2. The van der Waals surface area contributed by atoms with Gasteiger partial charge in [-0.05, 0) is 54.8 Å². The molecule has 2 aliphatic rings. The van der Waals surface area contributed by atoms with Crippen LogP contribution in [0.4, 0.5) is 4.39 Å². The van der Waals surface area contributed by atoms with Crippen molar-refractivity contribution < 1.29 is 24.2 Å². The van der Waals surface area contributed by atoms with Gasteiger partial charge in [0.15, 0.2) is 0 Å². The van der Waals surface area contributed by atoms with Gasteiger partial charge in [0.1, 0.15) is 5.82 Å². The van der Waals surface area contributed by atoms with Gasteiger partial charge in [0.2, 0.25) is 0 Å². The second-order valence-corrected chi connectivity index (χ2v) is 9.23. The molecule has 0 aromatic heterocycles. The van der Waals surface area contributed by atoms with Gasteiger partial charge in [-0.2, -0.15) is 0 Å². The molecule has 2 N–H and O–H groups in total. The highest BCUT2D eigenvalue weighted by Crippen LogP contribution is 2.43. The standard InChI is InChI=1S/C21H25FN2S.C4H4O4/c1-3-15-4-7-20-18(12-15)19(24-10-8-23(2)9-11-24)13-16-5-6-17(22)14-21(16)25-20;5-3(6)1-2-4(7)8/h4-7,12,14,19H,3,8-11,13H2,1-2H3;1-2H,(H,5,6)(H,7,8). The molecular weight excluding hydrogens is 443 g/mol. The number of piperazine rings is 1. The normalized spacial score (nSPS) is 18.6. The summed E-state index contributed by atoms with van der Waals surface area (Å²) in [6.45, 7) is 6.63. The zero-order valence-corrected chi connectivity index (χ0v) is 19.6. The van der Waals surface area contributed by atoms with Crippen LogP contribution in [0.1, 0.15) is 29.7 Å². The fourth-order valence-electron chi connectivity index (χ4n) is 4.00. The molecule has 2 aromatic carbocycles. The Labute approximate surface area is 197 Å². The molecule has 2 heterocycles. The van der Waals surface area contributed by atoms with Crippen molar-refractivity contribution in [3.63, 3.8) is 0 Å². The molecule has 1 saturated heterocycles.